The molecule has 1 saturated heterocycles. The Morgan fingerprint density at radius 3 is 2.05 bits per heavy atom. The SMILES string of the molecule is CC1(C)OB(C(=Cc2cc(F)nc(F)c2)CNC(=O)OCC2c3ccccc3-c3ccccc32)OC1(C)C. The van der Waals surface area contributed by atoms with Gasteiger partial charge in [-0.25, -0.2) is 4.79 Å². The Labute approximate surface area is 221 Å². The molecule has 0 bridgehead atoms. The van der Waals surface area contributed by atoms with E-state index in [2.05, 4.69) is 22.4 Å². The minimum absolute atomic E-state index is 0.0148. The first kappa shape index (κ1) is 26.1. The number of ether oxygens (including phenoxy) is 1. The van der Waals surface area contributed by atoms with Crippen molar-refractivity contribution in [3.63, 3.8) is 0 Å². The van der Waals surface area contributed by atoms with Gasteiger partial charge >= 0.3 is 13.2 Å². The summed E-state index contributed by atoms with van der Waals surface area (Å²) < 4.78 is 45.4. The van der Waals surface area contributed by atoms with Crippen molar-refractivity contribution in [3.8, 4) is 11.1 Å². The number of fused-ring (bicyclic) bond motifs is 3. The third-order valence-electron chi connectivity index (χ3n) is 7.47. The van der Waals surface area contributed by atoms with Crippen LogP contribution in [0.1, 0.15) is 50.3 Å². The number of nitrogens with one attached hydrogen (secondary N) is 1. The first-order valence-electron chi connectivity index (χ1n) is 12.5. The summed E-state index contributed by atoms with van der Waals surface area (Å²) in [5, 5.41) is 2.74. The number of nitrogens with zero attached hydrogens (tertiary/aromatic N) is 1. The highest BCUT2D eigenvalue weighted by atomic mass is 19.1. The van der Waals surface area contributed by atoms with Gasteiger partial charge in [-0.05, 0) is 61.0 Å². The first-order chi connectivity index (χ1) is 18.0. The molecule has 1 aliphatic heterocycles. The molecule has 3 aromatic rings. The number of carbonyl (C=O) groups excluding carboxylic acids is 1. The molecule has 0 saturated carbocycles. The molecule has 2 aromatic carbocycles. The van der Waals surface area contributed by atoms with E-state index in [-0.39, 0.29) is 24.6 Å². The molecule has 5 rings (SSSR count). The fourth-order valence-corrected chi connectivity index (χ4v) is 4.80. The minimum Gasteiger partial charge on any atom is -0.449 e. The van der Waals surface area contributed by atoms with E-state index < -0.39 is 36.3 Å². The molecule has 0 unspecified atom stereocenters. The molecule has 2 aliphatic rings. The summed E-state index contributed by atoms with van der Waals surface area (Å²) in [4.78, 5) is 15.9. The summed E-state index contributed by atoms with van der Waals surface area (Å²) in [6.07, 6.45) is 0.904. The van der Waals surface area contributed by atoms with Crippen molar-refractivity contribution in [3.05, 3.63) is 94.7 Å². The second-order valence-electron chi connectivity index (χ2n) is 10.5. The summed E-state index contributed by atoms with van der Waals surface area (Å²) in [6, 6.07) is 18.4. The Morgan fingerprint density at radius 1 is 0.974 bits per heavy atom. The number of halogens is 2. The number of pyridine rings is 1. The molecule has 9 heteroatoms. The fourth-order valence-electron chi connectivity index (χ4n) is 4.80. The third kappa shape index (κ3) is 5.08. The standard InChI is InChI=1S/C29H29BF2N2O4/c1-28(2)29(3,4)38-30(37-28)19(13-18-14-25(31)34-26(32)15-18)16-33-27(35)36-17-24-22-11-7-5-9-20(22)21-10-6-8-12-23(21)24/h5-15,24H,16-17H2,1-4H3,(H,33,35). The van der Waals surface area contributed by atoms with E-state index in [0.717, 1.165) is 34.4 Å². The van der Waals surface area contributed by atoms with Crippen LogP contribution in [0, 0.1) is 11.9 Å². The van der Waals surface area contributed by atoms with Crippen LogP contribution in [0.5, 0.6) is 0 Å². The quantitative estimate of drug-likeness (QED) is 0.325. The lowest BCUT2D eigenvalue weighted by atomic mass is 9.77. The fraction of sp³-hybridized carbons (Fsp3) is 0.310. The topological polar surface area (TPSA) is 69.7 Å². The molecule has 1 aliphatic carbocycles. The zero-order chi connectivity index (χ0) is 27.1. The van der Waals surface area contributed by atoms with Gasteiger partial charge in [0, 0.05) is 24.6 Å². The molecule has 0 spiro atoms. The largest absolute Gasteiger partial charge is 0.492 e. The van der Waals surface area contributed by atoms with Gasteiger partial charge in [0.25, 0.3) is 0 Å². The second-order valence-corrected chi connectivity index (χ2v) is 10.5. The number of alkyl carbamates (subject to hydrolysis) is 1. The van der Waals surface area contributed by atoms with E-state index in [4.69, 9.17) is 14.0 Å². The lowest BCUT2D eigenvalue weighted by Crippen LogP contribution is -2.41. The van der Waals surface area contributed by atoms with Crippen molar-refractivity contribution < 1.29 is 27.6 Å². The number of aromatic nitrogens is 1. The molecule has 196 valence electrons. The number of carbonyl (C=O) groups is 1. The van der Waals surface area contributed by atoms with Crippen LogP contribution in [0.15, 0.2) is 66.1 Å². The van der Waals surface area contributed by atoms with E-state index in [0.29, 0.717) is 5.47 Å². The van der Waals surface area contributed by atoms with Crippen molar-refractivity contribution >= 4 is 19.3 Å². The number of benzene rings is 2. The number of amides is 1. The zero-order valence-electron chi connectivity index (χ0n) is 21.8. The third-order valence-corrected chi connectivity index (χ3v) is 7.47. The van der Waals surface area contributed by atoms with E-state index in [9.17, 15) is 13.6 Å². The maximum atomic E-state index is 13.7. The molecule has 1 aromatic heterocycles. The van der Waals surface area contributed by atoms with Gasteiger partial charge in [-0.1, -0.05) is 54.6 Å². The highest BCUT2D eigenvalue weighted by Gasteiger charge is 2.52. The zero-order valence-corrected chi connectivity index (χ0v) is 21.8. The summed E-state index contributed by atoms with van der Waals surface area (Å²) in [7, 11) is -0.840. The van der Waals surface area contributed by atoms with Crippen LogP contribution in [0.3, 0.4) is 0 Å². The predicted octanol–water partition coefficient (Wildman–Crippen LogP) is 5.91. The highest BCUT2D eigenvalue weighted by molar-refractivity contribution is 6.56. The van der Waals surface area contributed by atoms with Crippen molar-refractivity contribution in [1.29, 1.82) is 0 Å². The Bertz CT molecular complexity index is 1330. The summed E-state index contributed by atoms with van der Waals surface area (Å²) in [5.41, 5.74) is 3.92. The Balaban J connectivity index is 1.31. The molecule has 0 atom stereocenters. The van der Waals surface area contributed by atoms with Crippen LogP contribution in [0.4, 0.5) is 13.6 Å². The average molecular weight is 518 g/mol. The highest BCUT2D eigenvalue weighted by Crippen LogP contribution is 2.44. The maximum Gasteiger partial charge on any atom is 0.492 e. The average Bonchev–Trinajstić information content (AvgIpc) is 3.29. The van der Waals surface area contributed by atoms with Crippen molar-refractivity contribution in [2.45, 2.75) is 44.8 Å². The van der Waals surface area contributed by atoms with Crippen LogP contribution < -0.4 is 5.32 Å². The molecule has 2 heterocycles. The molecular weight excluding hydrogens is 489 g/mol. The van der Waals surface area contributed by atoms with Gasteiger partial charge in [-0.15, -0.1) is 0 Å². The van der Waals surface area contributed by atoms with Crippen LogP contribution in [0.25, 0.3) is 17.2 Å². The molecular formula is C29H29BF2N2O4. The van der Waals surface area contributed by atoms with E-state index in [1.165, 1.54) is 6.08 Å². The van der Waals surface area contributed by atoms with Crippen LogP contribution >= 0.6 is 0 Å². The second kappa shape index (κ2) is 9.96. The lowest BCUT2D eigenvalue weighted by molar-refractivity contribution is 0.00578. The number of rotatable bonds is 6. The van der Waals surface area contributed by atoms with E-state index in [1.807, 2.05) is 64.1 Å². The molecule has 6 nitrogen and oxygen atoms in total. The van der Waals surface area contributed by atoms with E-state index >= 15 is 0 Å². The smallest absolute Gasteiger partial charge is 0.449 e. The van der Waals surface area contributed by atoms with Crippen LogP contribution in [-0.4, -0.2) is 42.5 Å². The first-order valence-corrected chi connectivity index (χ1v) is 12.5. The number of hydrogen-bond donors (Lipinski definition) is 1. The summed E-state index contributed by atoms with van der Waals surface area (Å²) >= 11 is 0. The van der Waals surface area contributed by atoms with Crippen molar-refractivity contribution in [1.82, 2.24) is 10.3 Å². The van der Waals surface area contributed by atoms with Gasteiger partial charge in [0.15, 0.2) is 0 Å². The van der Waals surface area contributed by atoms with Crippen LogP contribution in [-0.2, 0) is 14.0 Å². The van der Waals surface area contributed by atoms with E-state index in [1.54, 1.807) is 0 Å². The van der Waals surface area contributed by atoms with Crippen molar-refractivity contribution in [2.24, 2.45) is 0 Å². The van der Waals surface area contributed by atoms with Gasteiger partial charge in [-0.2, -0.15) is 13.8 Å². The van der Waals surface area contributed by atoms with Gasteiger partial charge in [0.05, 0.1) is 11.2 Å². The lowest BCUT2D eigenvalue weighted by Gasteiger charge is -2.32. The van der Waals surface area contributed by atoms with Gasteiger partial charge in [0.1, 0.15) is 6.61 Å². The van der Waals surface area contributed by atoms with Gasteiger partial charge < -0.3 is 19.4 Å². The molecule has 1 amide bonds. The Kier molecular flexibility index (Phi) is 6.83. The van der Waals surface area contributed by atoms with Gasteiger partial charge in [-0.3, -0.25) is 0 Å². The minimum atomic E-state index is -0.950. The van der Waals surface area contributed by atoms with Crippen molar-refractivity contribution in [2.75, 3.05) is 13.2 Å². The number of hydrogen-bond acceptors (Lipinski definition) is 5. The molecule has 38 heavy (non-hydrogen) atoms. The Morgan fingerprint density at radius 2 is 1.50 bits per heavy atom. The maximum absolute atomic E-state index is 13.7. The monoisotopic (exact) mass is 518 g/mol. The molecule has 0 radical (unpaired) electrons. The summed E-state index contributed by atoms with van der Waals surface area (Å²) in [6.45, 7) is 7.74. The molecule has 1 N–H and O–H groups in total. The predicted molar refractivity (Wildman–Crippen MR) is 141 cm³/mol. The summed E-state index contributed by atoms with van der Waals surface area (Å²) in [5.74, 6) is -1.97. The normalized spacial score (nSPS) is 17.7. The van der Waals surface area contributed by atoms with Crippen LogP contribution in [0.2, 0.25) is 0 Å². The molecule has 1 fully saturated rings. The Hall–Kier alpha value is -3.56. The van der Waals surface area contributed by atoms with Gasteiger partial charge in [0.2, 0.25) is 11.9 Å².